The van der Waals surface area contributed by atoms with Crippen molar-refractivity contribution in [2.45, 2.75) is 44.2 Å². The minimum Gasteiger partial charge on any atom is -0.367 e. The van der Waals surface area contributed by atoms with Crippen LogP contribution in [0.15, 0.2) is 34.9 Å². The first-order valence-electron chi connectivity index (χ1n) is 7.45. The van der Waals surface area contributed by atoms with Crippen LogP contribution in [0.4, 0.5) is 0 Å². The Morgan fingerprint density at radius 1 is 1.29 bits per heavy atom. The lowest BCUT2D eigenvalue weighted by Gasteiger charge is -2.30. The van der Waals surface area contributed by atoms with E-state index in [1.807, 2.05) is 37.3 Å². The Bertz CT molecular complexity index is 576. The molecule has 2 aromatic rings. The van der Waals surface area contributed by atoms with Crippen LogP contribution in [0.5, 0.6) is 0 Å². The van der Waals surface area contributed by atoms with E-state index in [2.05, 4.69) is 10.1 Å². The van der Waals surface area contributed by atoms with Gasteiger partial charge in [-0.1, -0.05) is 35.5 Å². The van der Waals surface area contributed by atoms with Gasteiger partial charge in [-0.2, -0.15) is 4.98 Å². The van der Waals surface area contributed by atoms with E-state index in [-0.39, 0.29) is 6.04 Å². The van der Waals surface area contributed by atoms with Crippen LogP contribution >= 0.6 is 0 Å². The summed E-state index contributed by atoms with van der Waals surface area (Å²) in [7, 11) is 0. The molecule has 0 amide bonds. The Morgan fingerprint density at radius 3 is 2.81 bits per heavy atom. The topological polar surface area (TPSA) is 74.2 Å². The molecule has 0 saturated carbocycles. The summed E-state index contributed by atoms with van der Waals surface area (Å²) in [5.74, 6) is 1.09. The molecule has 1 aromatic carbocycles. The van der Waals surface area contributed by atoms with Gasteiger partial charge < -0.3 is 15.0 Å². The van der Waals surface area contributed by atoms with E-state index in [9.17, 15) is 0 Å². The van der Waals surface area contributed by atoms with Crippen molar-refractivity contribution in [3.05, 3.63) is 47.6 Å². The summed E-state index contributed by atoms with van der Waals surface area (Å²) in [4.78, 5) is 4.47. The number of ether oxygens (including phenoxy) is 1. The van der Waals surface area contributed by atoms with Crippen LogP contribution in [-0.2, 0) is 16.8 Å². The molecule has 1 aromatic heterocycles. The zero-order valence-electron chi connectivity index (χ0n) is 12.3. The van der Waals surface area contributed by atoms with Gasteiger partial charge in [-0.15, -0.1) is 0 Å². The second-order valence-corrected chi connectivity index (χ2v) is 5.79. The van der Waals surface area contributed by atoms with Crippen LogP contribution in [-0.4, -0.2) is 16.7 Å². The van der Waals surface area contributed by atoms with E-state index >= 15 is 0 Å². The Balaban J connectivity index is 1.72. The van der Waals surface area contributed by atoms with Gasteiger partial charge in [0.15, 0.2) is 0 Å². The molecule has 112 valence electrons. The number of rotatable bonds is 4. The lowest BCUT2D eigenvalue weighted by atomic mass is 9.95. The molecule has 1 aliphatic rings. The first kappa shape index (κ1) is 14.2. The minimum atomic E-state index is -0.438. The monoisotopic (exact) mass is 287 g/mol. The molecule has 0 radical (unpaired) electrons. The minimum absolute atomic E-state index is 0.291. The van der Waals surface area contributed by atoms with Crippen molar-refractivity contribution in [2.75, 3.05) is 6.61 Å². The predicted molar refractivity (Wildman–Crippen MR) is 78.5 cm³/mol. The average molecular weight is 287 g/mol. The van der Waals surface area contributed by atoms with E-state index in [4.69, 9.17) is 15.0 Å². The fourth-order valence-corrected chi connectivity index (χ4v) is 2.67. The smallest absolute Gasteiger partial charge is 0.244 e. The van der Waals surface area contributed by atoms with Crippen LogP contribution in [0.2, 0.25) is 0 Å². The van der Waals surface area contributed by atoms with Crippen LogP contribution in [0.1, 0.15) is 49.5 Å². The van der Waals surface area contributed by atoms with Gasteiger partial charge in [0.05, 0.1) is 6.04 Å². The Hall–Kier alpha value is -1.72. The maximum Gasteiger partial charge on any atom is 0.244 e. The van der Waals surface area contributed by atoms with E-state index in [0.29, 0.717) is 18.1 Å². The summed E-state index contributed by atoms with van der Waals surface area (Å²) in [5.41, 5.74) is 6.90. The van der Waals surface area contributed by atoms with E-state index in [1.54, 1.807) is 0 Å². The summed E-state index contributed by atoms with van der Waals surface area (Å²) in [6.07, 6.45) is 3.81. The number of nitrogens with zero attached hydrogens (tertiary/aromatic N) is 2. The highest BCUT2D eigenvalue weighted by atomic mass is 16.5. The van der Waals surface area contributed by atoms with Crippen molar-refractivity contribution >= 4 is 0 Å². The van der Waals surface area contributed by atoms with Crippen molar-refractivity contribution in [3.63, 3.8) is 0 Å². The molecular weight excluding hydrogens is 266 g/mol. The summed E-state index contributed by atoms with van der Waals surface area (Å²) < 4.78 is 11.2. The highest BCUT2D eigenvalue weighted by molar-refractivity contribution is 5.17. The second-order valence-electron chi connectivity index (χ2n) is 5.79. The first-order valence-corrected chi connectivity index (χ1v) is 7.45. The molecule has 2 N–H and O–H groups in total. The van der Waals surface area contributed by atoms with Crippen molar-refractivity contribution in [3.8, 4) is 0 Å². The maximum atomic E-state index is 6.18. The van der Waals surface area contributed by atoms with Gasteiger partial charge in [-0.25, -0.2) is 0 Å². The van der Waals surface area contributed by atoms with Crippen molar-refractivity contribution in [2.24, 2.45) is 5.73 Å². The molecule has 0 bridgehead atoms. The average Bonchev–Trinajstić information content (AvgIpc) is 3.00. The molecule has 0 spiro atoms. The summed E-state index contributed by atoms with van der Waals surface area (Å²) in [6.45, 7) is 2.76. The molecule has 2 heterocycles. The standard InChI is InChI=1S/C16H21N3O2/c1-16(9-5-6-10-20-16)15-18-14(21-19-15)13(17)11-12-7-3-2-4-8-12/h2-4,7-8,13H,5-6,9-11,17H2,1H3. The molecule has 1 fully saturated rings. The zero-order chi connectivity index (χ0) is 14.7. The zero-order valence-corrected chi connectivity index (χ0v) is 12.3. The molecule has 5 heteroatoms. The third kappa shape index (κ3) is 3.14. The van der Waals surface area contributed by atoms with Gasteiger partial charge in [-0.3, -0.25) is 0 Å². The largest absolute Gasteiger partial charge is 0.367 e. The van der Waals surface area contributed by atoms with Gasteiger partial charge in [0.1, 0.15) is 5.60 Å². The van der Waals surface area contributed by atoms with Crippen LogP contribution in [0, 0.1) is 0 Å². The number of benzene rings is 1. The number of nitrogens with two attached hydrogens (primary N) is 1. The number of aromatic nitrogens is 2. The van der Waals surface area contributed by atoms with Crippen LogP contribution in [0.3, 0.4) is 0 Å². The molecule has 1 saturated heterocycles. The fraction of sp³-hybridized carbons (Fsp3) is 0.500. The first-order chi connectivity index (χ1) is 10.2. The quantitative estimate of drug-likeness (QED) is 0.936. The molecule has 21 heavy (non-hydrogen) atoms. The predicted octanol–water partition coefficient (Wildman–Crippen LogP) is 2.73. The Morgan fingerprint density at radius 2 is 2.10 bits per heavy atom. The molecule has 2 unspecified atom stereocenters. The Kier molecular flexibility index (Phi) is 4.03. The van der Waals surface area contributed by atoms with E-state index in [1.165, 1.54) is 0 Å². The number of hydrogen-bond acceptors (Lipinski definition) is 5. The highest BCUT2D eigenvalue weighted by Gasteiger charge is 2.35. The molecule has 1 aliphatic heterocycles. The SMILES string of the molecule is CC1(c2noc(C(N)Cc3ccccc3)n2)CCCCO1. The van der Waals surface area contributed by atoms with Gasteiger partial charge in [0.25, 0.3) is 0 Å². The van der Waals surface area contributed by atoms with Gasteiger partial charge in [0.2, 0.25) is 11.7 Å². The summed E-state index contributed by atoms with van der Waals surface area (Å²) in [5, 5.41) is 4.08. The van der Waals surface area contributed by atoms with Gasteiger partial charge in [-0.05, 0) is 38.2 Å². The van der Waals surface area contributed by atoms with Crippen LogP contribution < -0.4 is 5.73 Å². The number of hydrogen-bond donors (Lipinski definition) is 1. The summed E-state index contributed by atoms with van der Waals surface area (Å²) >= 11 is 0. The summed E-state index contributed by atoms with van der Waals surface area (Å²) in [6, 6.07) is 9.78. The molecule has 2 atom stereocenters. The molecule has 5 nitrogen and oxygen atoms in total. The highest BCUT2D eigenvalue weighted by Crippen LogP contribution is 2.33. The Labute approximate surface area is 124 Å². The van der Waals surface area contributed by atoms with Crippen molar-refractivity contribution in [1.82, 2.24) is 10.1 Å². The van der Waals surface area contributed by atoms with Gasteiger partial charge in [0, 0.05) is 6.61 Å². The maximum absolute atomic E-state index is 6.18. The normalized spacial score (nSPS) is 23.9. The lowest BCUT2D eigenvalue weighted by Crippen LogP contribution is -2.31. The molecule has 0 aliphatic carbocycles. The fourth-order valence-electron chi connectivity index (χ4n) is 2.67. The molecular formula is C16H21N3O2. The third-order valence-corrected chi connectivity index (χ3v) is 4.00. The third-order valence-electron chi connectivity index (χ3n) is 4.00. The van der Waals surface area contributed by atoms with Crippen molar-refractivity contribution in [1.29, 1.82) is 0 Å². The second kappa shape index (κ2) is 5.95. The van der Waals surface area contributed by atoms with Gasteiger partial charge >= 0.3 is 0 Å². The van der Waals surface area contributed by atoms with E-state index in [0.717, 1.165) is 31.4 Å². The molecule has 3 rings (SSSR count). The van der Waals surface area contributed by atoms with E-state index < -0.39 is 5.60 Å². The van der Waals surface area contributed by atoms with Crippen LogP contribution in [0.25, 0.3) is 0 Å². The van der Waals surface area contributed by atoms with Crippen molar-refractivity contribution < 1.29 is 9.26 Å². The lowest BCUT2D eigenvalue weighted by molar-refractivity contribution is -0.0770.